The Bertz CT molecular complexity index is 3290. The molecule has 0 bridgehead atoms. The Morgan fingerprint density at radius 1 is 0.889 bits per heavy atom. The zero-order chi connectivity index (χ0) is 48.8. The van der Waals surface area contributed by atoms with Crippen LogP contribution in [0.4, 0.5) is 34.6 Å². The summed E-state index contributed by atoms with van der Waals surface area (Å²) in [6.45, 7) is 0.428. The van der Waals surface area contributed by atoms with Gasteiger partial charge < -0.3 is 49.6 Å². The van der Waals surface area contributed by atoms with E-state index in [0.717, 1.165) is 24.3 Å². The third-order valence-corrected chi connectivity index (χ3v) is 13.1. The maximum absolute atomic E-state index is 13.0. The molecular formula is C39H34N9Na3O17S4. The number of sulfone groups is 1. The van der Waals surface area contributed by atoms with Crippen molar-refractivity contribution in [2.45, 2.75) is 22.1 Å². The molecule has 0 aliphatic carbocycles. The molecule has 1 saturated heterocycles. The molecule has 0 atom stereocenters. The van der Waals surface area contributed by atoms with E-state index in [1.54, 1.807) is 4.90 Å². The van der Waals surface area contributed by atoms with Crippen molar-refractivity contribution in [2.75, 3.05) is 54.2 Å². The molecule has 6 aromatic rings. The summed E-state index contributed by atoms with van der Waals surface area (Å²) in [6, 6.07) is 16.2. The number of azo groups is 1. The van der Waals surface area contributed by atoms with Crippen molar-refractivity contribution >= 4 is 99.7 Å². The van der Waals surface area contributed by atoms with Gasteiger partial charge in [0.2, 0.25) is 10.4 Å². The molecule has 3 heterocycles. The summed E-state index contributed by atoms with van der Waals surface area (Å²) < 4.78 is 110. The van der Waals surface area contributed by atoms with E-state index in [0.29, 0.717) is 26.3 Å². The van der Waals surface area contributed by atoms with Gasteiger partial charge in [-0.25, -0.2) is 29.8 Å². The average molecular weight is 1100 g/mol. The maximum Gasteiger partial charge on any atom is 1.00 e. The topological polar surface area (TPSA) is 381 Å². The number of morpholine rings is 1. The van der Waals surface area contributed by atoms with Crippen LogP contribution in [0.25, 0.3) is 16.7 Å². The van der Waals surface area contributed by atoms with E-state index >= 15 is 0 Å². The van der Waals surface area contributed by atoms with Crippen molar-refractivity contribution in [3.63, 3.8) is 0 Å². The van der Waals surface area contributed by atoms with Gasteiger partial charge in [-0.05, 0) is 94.2 Å². The summed E-state index contributed by atoms with van der Waals surface area (Å²) in [6.07, 6.45) is 2.62. The van der Waals surface area contributed by atoms with E-state index in [9.17, 15) is 59.4 Å². The third-order valence-electron chi connectivity index (χ3n) is 9.44. The summed E-state index contributed by atoms with van der Waals surface area (Å²) in [7, 11) is -14.4. The first-order valence-electron chi connectivity index (χ1n) is 19.1. The number of hydrogen-bond donors (Lipinski definition) is 3. The van der Waals surface area contributed by atoms with Gasteiger partial charge in [0.25, 0.3) is 5.91 Å². The zero-order valence-corrected chi connectivity index (χ0v) is 46.4. The van der Waals surface area contributed by atoms with Gasteiger partial charge in [-0.2, -0.15) is 9.45 Å². The Labute approximate surface area is 481 Å². The number of phenols is 1. The van der Waals surface area contributed by atoms with E-state index in [-0.39, 0.29) is 175 Å². The molecule has 1 amide bonds. The van der Waals surface area contributed by atoms with E-state index in [2.05, 4.69) is 49.4 Å². The number of carbonyl (C=O) groups is 2. The Morgan fingerprint density at radius 2 is 1.57 bits per heavy atom. The number of nitrogens with zero attached hydrogens (tertiary/aromatic N) is 7. The van der Waals surface area contributed by atoms with Crippen LogP contribution in [0.5, 0.6) is 5.75 Å². The number of aromatic nitrogens is 4. The number of carboxylic acids is 1. The molecule has 1 aliphatic rings. The largest absolute Gasteiger partial charge is 1.00 e. The van der Waals surface area contributed by atoms with Gasteiger partial charge in [0.1, 0.15) is 15.8 Å². The van der Waals surface area contributed by atoms with Gasteiger partial charge >= 0.3 is 107 Å². The number of nitrogens with one attached hydrogen (secondary N) is 2. The van der Waals surface area contributed by atoms with Crippen molar-refractivity contribution in [1.29, 1.82) is 0 Å². The van der Waals surface area contributed by atoms with Crippen LogP contribution in [0.1, 0.15) is 28.1 Å². The Balaban J connectivity index is 0.00000342. The molecule has 2 aromatic heterocycles. The number of pyridine rings is 1. The molecule has 0 spiro atoms. The van der Waals surface area contributed by atoms with Crippen LogP contribution < -0.4 is 119 Å². The number of rotatable bonds is 18. The average Bonchev–Trinajstić information content (AvgIpc) is 3.30. The zero-order valence-electron chi connectivity index (χ0n) is 37.1. The number of benzene rings is 4. The predicted octanol–water partition coefficient (Wildman–Crippen LogP) is -7.35. The Hall–Kier alpha value is -3.84. The van der Waals surface area contributed by atoms with Crippen molar-refractivity contribution in [3.8, 4) is 11.7 Å². The third kappa shape index (κ3) is 16.3. The molecule has 0 unspecified atom stereocenters. The first kappa shape index (κ1) is 62.5. The fourth-order valence-corrected chi connectivity index (χ4v) is 8.89. The second-order valence-corrected chi connectivity index (χ2v) is 19.1. The van der Waals surface area contributed by atoms with Gasteiger partial charge in [-0.1, -0.05) is 7.43 Å². The van der Waals surface area contributed by atoms with E-state index < -0.39 is 70.9 Å². The van der Waals surface area contributed by atoms with Crippen molar-refractivity contribution < 1.29 is 171 Å². The molecular weight excluding hydrogens is 1060 g/mol. The molecule has 4 aromatic carbocycles. The second kappa shape index (κ2) is 27.1. The van der Waals surface area contributed by atoms with Gasteiger partial charge in [-0.3, -0.25) is 14.0 Å². The summed E-state index contributed by atoms with van der Waals surface area (Å²) in [5.74, 6) is -3.90. The van der Waals surface area contributed by atoms with E-state index in [1.165, 1.54) is 71.6 Å². The molecule has 0 saturated carbocycles. The van der Waals surface area contributed by atoms with Crippen molar-refractivity contribution in [2.24, 2.45) is 10.2 Å². The van der Waals surface area contributed by atoms with Crippen molar-refractivity contribution in [1.82, 2.24) is 15.0 Å². The maximum atomic E-state index is 13.0. The number of aromatic carboxylic acids is 1. The van der Waals surface area contributed by atoms with Crippen molar-refractivity contribution in [3.05, 3.63) is 102 Å². The van der Waals surface area contributed by atoms with Crippen LogP contribution in [0.3, 0.4) is 0 Å². The van der Waals surface area contributed by atoms with Crippen LogP contribution in [0, 0.1) is 0 Å². The number of anilines is 4. The number of hydrogen-bond acceptors (Lipinski definition) is 25. The molecule has 7 rings (SSSR count). The number of aromatic hydroxyl groups is 1. The molecule has 1 aliphatic heterocycles. The van der Waals surface area contributed by atoms with Gasteiger partial charge in [0, 0.05) is 35.3 Å². The molecule has 72 heavy (non-hydrogen) atoms. The standard InChI is InChI=1S/C38H33N9O17S4.CH4.3Na/c48-33-28-20-29(40-36-41-37(46-12-14-61-15-13-46)43-38(42-36)47-11-1-2-23(21-47)35(50)51)31(67(55,56)57)19-24(28)18-30(65-64-63-52)32(33)45-44-26-5-3-22(4-6-26)34(49)39-25-7-9-27(10-8-25)66(53,54)17-16-62-68(58,59)60;;;;/h1-11,18-21H,12-17H2,(H6-,39,40,41,42,43,44,45,48,49,50,51,52,55,56,57,58,59,60);1H4;;;/q;;3*+1/p-3. The first-order chi connectivity index (χ1) is 32.3. The Morgan fingerprint density at radius 3 is 2.19 bits per heavy atom. The first-order valence-corrected chi connectivity index (χ1v) is 24.2. The number of amides is 1. The van der Waals surface area contributed by atoms with Crippen LogP contribution in [0.15, 0.2) is 116 Å². The smallest absolute Gasteiger partial charge is 0.744 e. The number of ether oxygens (including phenoxy) is 1. The van der Waals surface area contributed by atoms with Crippen LogP contribution in [0.2, 0.25) is 0 Å². The normalized spacial score (nSPS) is 12.7. The van der Waals surface area contributed by atoms with E-state index in [1.807, 2.05) is 0 Å². The minimum atomic E-state index is -5.30. The monoisotopic (exact) mass is 1100 g/mol. The van der Waals surface area contributed by atoms with Crippen LogP contribution >= 0.6 is 12.0 Å². The van der Waals surface area contributed by atoms with Crippen LogP contribution in [-0.2, 0) is 48.6 Å². The summed E-state index contributed by atoms with van der Waals surface area (Å²) >= 11 is 0.262. The number of fused-ring (bicyclic) bond motifs is 1. The van der Waals surface area contributed by atoms with Gasteiger partial charge in [0.05, 0.1) is 82.0 Å². The van der Waals surface area contributed by atoms with Crippen LogP contribution in [-0.4, -0.2) is 105 Å². The van der Waals surface area contributed by atoms with Gasteiger partial charge in [-0.15, -0.1) is 10.1 Å². The Kier molecular flexibility index (Phi) is 23.5. The fraction of sp³-hybridized carbons (Fsp3) is 0.179. The fourth-order valence-electron chi connectivity index (χ4n) is 6.26. The SMILES string of the molecule is C.O=C([O-])c1ccc[n+](-c2nc(Nc3cc4c(O)c(N=Nc5ccc(C(=O)Nc6ccc(S(=O)(=O)CCOS(=O)(=O)[O-])cc6)cc5)c(SOO[O-])cc4cc3S(=O)(=O)[O-])nc(N3CCOCC3)n2)c1.[Na+].[Na+].[Na+]. The number of phenolic OH excluding ortho intramolecular Hbond substituents is 1. The number of carboxylic acid groups (broad SMARTS) is 1. The molecule has 364 valence electrons. The molecule has 33 heteroatoms. The minimum absolute atomic E-state index is 0. The molecule has 0 radical (unpaired) electrons. The summed E-state index contributed by atoms with van der Waals surface area (Å²) in [4.78, 5) is 38.4. The second-order valence-electron chi connectivity index (χ2n) is 13.9. The minimum Gasteiger partial charge on any atom is -0.744 e. The molecule has 3 N–H and O–H groups in total. The molecule has 1 fully saturated rings. The number of carbonyl (C=O) groups excluding carboxylic acids is 2. The summed E-state index contributed by atoms with van der Waals surface area (Å²) in [5.41, 5.74) is -0.544. The van der Waals surface area contributed by atoms with E-state index in [4.69, 9.17) is 4.74 Å². The molecule has 26 nitrogen and oxygen atoms in total. The van der Waals surface area contributed by atoms with Gasteiger partial charge in [0.15, 0.2) is 15.6 Å². The quantitative estimate of drug-likeness (QED) is 0.0105. The predicted molar refractivity (Wildman–Crippen MR) is 233 cm³/mol. The summed E-state index contributed by atoms with van der Waals surface area (Å²) in [5, 5.41) is 50.9.